The number of nitrogens with zero attached hydrogens (tertiary/aromatic N) is 1. The lowest BCUT2D eigenvalue weighted by Crippen LogP contribution is -2.00. The number of allylic oxidation sites excluding steroid dienone is 4. The summed E-state index contributed by atoms with van der Waals surface area (Å²) in [6.45, 7) is 4.59. The third-order valence-electron chi connectivity index (χ3n) is 9.31. The van der Waals surface area contributed by atoms with Gasteiger partial charge in [0.2, 0.25) is 0 Å². The van der Waals surface area contributed by atoms with Crippen molar-refractivity contribution in [3.63, 3.8) is 0 Å². The average molecular weight is 594 g/mol. The number of hydrogen-bond donors (Lipinski definition) is 0. The van der Waals surface area contributed by atoms with Gasteiger partial charge in [-0.15, -0.1) is 0 Å². The van der Waals surface area contributed by atoms with Crippen LogP contribution in [0.4, 0.5) is 0 Å². The molecule has 0 radical (unpaired) electrons. The van der Waals surface area contributed by atoms with E-state index in [0.717, 1.165) is 5.92 Å². The lowest BCUT2D eigenvalue weighted by atomic mass is 9.88. The van der Waals surface area contributed by atoms with E-state index in [9.17, 15) is 0 Å². The molecule has 0 aliphatic carbocycles. The largest absolute Gasteiger partial charge is 0.265 e. The smallest absolute Gasteiger partial charge is 0.0270 e. The molecule has 0 N–H and O–H groups in total. The van der Waals surface area contributed by atoms with Crippen LogP contribution in [0.25, 0.3) is 0 Å². The summed E-state index contributed by atoms with van der Waals surface area (Å²) in [6, 6.07) is 4.54. The standard InChI is InChI=1S/C42H75N/c1-3-5-7-9-11-13-15-17-19-21-23-25-27-29-31-33-35-41(42-37-39-43-40-38-42)36-34-32-30-28-26-24-22-20-18-16-14-12-10-8-6-4-2/h17-20,37-41H,3-16,21-36H2,1-2H3/b19-17+,20-18+. The first-order chi connectivity index (χ1) is 21.4. The number of hydrogen-bond acceptors (Lipinski definition) is 1. The lowest BCUT2D eigenvalue weighted by molar-refractivity contribution is 0.485. The molecule has 1 heteroatoms. The minimum atomic E-state index is 0.733. The van der Waals surface area contributed by atoms with Crippen molar-refractivity contribution in [2.45, 2.75) is 212 Å². The maximum absolute atomic E-state index is 4.28. The molecule has 0 atom stereocenters. The van der Waals surface area contributed by atoms with Crippen molar-refractivity contribution in [1.29, 1.82) is 0 Å². The van der Waals surface area contributed by atoms with Gasteiger partial charge in [0, 0.05) is 12.4 Å². The summed E-state index contributed by atoms with van der Waals surface area (Å²) in [5.41, 5.74) is 1.52. The zero-order valence-corrected chi connectivity index (χ0v) is 29.4. The molecular formula is C42H75N. The van der Waals surface area contributed by atoms with Gasteiger partial charge in [0.25, 0.3) is 0 Å². The van der Waals surface area contributed by atoms with Crippen molar-refractivity contribution in [1.82, 2.24) is 4.98 Å². The Bertz CT molecular complexity index is 663. The molecule has 0 amide bonds. The maximum Gasteiger partial charge on any atom is 0.0270 e. The molecule has 0 saturated carbocycles. The van der Waals surface area contributed by atoms with E-state index in [-0.39, 0.29) is 0 Å². The predicted octanol–water partition coefficient (Wildman–Crippen LogP) is 15.0. The Morgan fingerprint density at radius 2 is 0.721 bits per heavy atom. The van der Waals surface area contributed by atoms with Crippen molar-refractivity contribution in [3.8, 4) is 0 Å². The Balaban J connectivity index is 2.01. The van der Waals surface area contributed by atoms with E-state index in [1.807, 2.05) is 12.4 Å². The van der Waals surface area contributed by atoms with Crippen LogP contribution in [-0.4, -0.2) is 4.98 Å². The average Bonchev–Trinajstić information content (AvgIpc) is 3.03. The van der Waals surface area contributed by atoms with Gasteiger partial charge in [-0.2, -0.15) is 0 Å². The molecule has 0 unspecified atom stereocenters. The van der Waals surface area contributed by atoms with Crippen molar-refractivity contribution in [2.75, 3.05) is 0 Å². The fraction of sp³-hybridized carbons (Fsp3) is 0.786. The highest BCUT2D eigenvalue weighted by Gasteiger charge is 2.11. The summed E-state index contributed by atoms with van der Waals surface area (Å²) in [7, 11) is 0. The first kappa shape index (κ1) is 39.7. The van der Waals surface area contributed by atoms with Gasteiger partial charge >= 0.3 is 0 Å². The second-order valence-corrected chi connectivity index (χ2v) is 13.4. The van der Waals surface area contributed by atoms with Crippen LogP contribution >= 0.6 is 0 Å². The van der Waals surface area contributed by atoms with Crippen LogP contribution in [0.1, 0.15) is 218 Å². The van der Waals surface area contributed by atoms with Gasteiger partial charge in [0.05, 0.1) is 0 Å². The van der Waals surface area contributed by atoms with E-state index in [0.29, 0.717) is 0 Å². The third kappa shape index (κ3) is 27.9. The van der Waals surface area contributed by atoms with E-state index in [2.05, 4.69) is 55.3 Å². The van der Waals surface area contributed by atoms with Crippen LogP contribution in [0.5, 0.6) is 0 Å². The molecule has 0 bridgehead atoms. The van der Waals surface area contributed by atoms with E-state index >= 15 is 0 Å². The first-order valence-corrected chi connectivity index (χ1v) is 19.6. The number of pyridine rings is 1. The molecule has 0 saturated heterocycles. The van der Waals surface area contributed by atoms with Gasteiger partial charge < -0.3 is 0 Å². The highest BCUT2D eigenvalue weighted by molar-refractivity contribution is 5.15. The monoisotopic (exact) mass is 594 g/mol. The fourth-order valence-corrected chi connectivity index (χ4v) is 6.39. The van der Waals surface area contributed by atoms with Crippen molar-refractivity contribution in [3.05, 3.63) is 54.4 Å². The van der Waals surface area contributed by atoms with Gasteiger partial charge in [-0.1, -0.05) is 167 Å². The van der Waals surface area contributed by atoms with Crippen LogP contribution in [0.2, 0.25) is 0 Å². The predicted molar refractivity (Wildman–Crippen MR) is 195 cm³/mol. The number of aromatic nitrogens is 1. The Morgan fingerprint density at radius 3 is 1.07 bits per heavy atom. The van der Waals surface area contributed by atoms with Crippen LogP contribution < -0.4 is 0 Å². The Labute approximate surface area is 271 Å². The second-order valence-electron chi connectivity index (χ2n) is 13.4. The van der Waals surface area contributed by atoms with Gasteiger partial charge in [0.15, 0.2) is 0 Å². The summed E-state index contributed by atoms with van der Waals surface area (Å²) in [4.78, 5) is 4.28. The maximum atomic E-state index is 4.28. The van der Waals surface area contributed by atoms with Crippen LogP contribution in [0.15, 0.2) is 48.8 Å². The molecule has 248 valence electrons. The van der Waals surface area contributed by atoms with Gasteiger partial charge in [-0.25, -0.2) is 0 Å². The summed E-state index contributed by atoms with van der Waals surface area (Å²) in [5.74, 6) is 0.733. The van der Waals surface area contributed by atoms with Crippen LogP contribution in [-0.2, 0) is 0 Å². The van der Waals surface area contributed by atoms with E-state index in [1.54, 1.807) is 0 Å². The molecule has 1 heterocycles. The zero-order valence-electron chi connectivity index (χ0n) is 29.4. The molecular weight excluding hydrogens is 518 g/mol. The second kappa shape index (κ2) is 33.5. The van der Waals surface area contributed by atoms with Crippen molar-refractivity contribution < 1.29 is 0 Å². The zero-order chi connectivity index (χ0) is 30.7. The minimum absolute atomic E-state index is 0.733. The first-order valence-electron chi connectivity index (χ1n) is 19.6. The van der Waals surface area contributed by atoms with Crippen molar-refractivity contribution >= 4 is 0 Å². The SMILES string of the molecule is CCCCCCCC/C=C/CCCCCCCCC(CCCCCCCC/C=C/CCCCCCCC)c1ccncc1. The third-order valence-corrected chi connectivity index (χ3v) is 9.31. The van der Waals surface area contributed by atoms with Gasteiger partial charge in [-0.05, 0) is 87.8 Å². The fourth-order valence-electron chi connectivity index (χ4n) is 6.39. The molecule has 43 heavy (non-hydrogen) atoms. The van der Waals surface area contributed by atoms with Gasteiger partial charge in [0.1, 0.15) is 0 Å². The molecule has 0 aliphatic heterocycles. The summed E-state index contributed by atoms with van der Waals surface area (Å²) >= 11 is 0. The molecule has 1 aromatic heterocycles. The quantitative estimate of drug-likeness (QED) is 0.0583. The Kier molecular flexibility index (Phi) is 30.9. The highest BCUT2D eigenvalue weighted by Crippen LogP contribution is 2.28. The Morgan fingerprint density at radius 1 is 0.419 bits per heavy atom. The van der Waals surface area contributed by atoms with E-state index < -0.39 is 0 Å². The summed E-state index contributed by atoms with van der Waals surface area (Å²) in [5, 5.41) is 0. The summed E-state index contributed by atoms with van der Waals surface area (Å²) in [6.07, 6.45) is 55.3. The van der Waals surface area contributed by atoms with Crippen molar-refractivity contribution in [2.24, 2.45) is 0 Å². The van der Waals surface area contributed by atoms with E-state index in [4.69, 9.17) is 0 Å². The molecule has 1 nitrogen and oxygen atoms in total. The number of rotatable bonds is 33. The minimum Gasteiger partial charge on any atom is -0.265 e. The highest BCUT2D eigenvalue weighted by atomic mass is 14.6. The number of unbranched alkanes of at least 4 members (excludes halogenated alkanes) is 24. The molecule has 1 aromatic rings. The molecule has 0 aromatic carbocycles. The topological polar surface area (TPSA) is 12.9 Å². The molecule has 0 fully saturated rings. The molecule has 1 rings (SSSR count). The summed E-state index contributed by atoms with van der Waals surface area (Å²) < 4.78 is 0. The van der Waals surface area contributed by atoms with Gasteiger partial charge in [-0.3, -0.25) is 4.98 Å². The lowest BCUT2D eigenvalue weighted by Gasteiger charge is -2.17. The van der Waals surface area contributed by atoms with E-state index in [1.165, 1.54) is 198 Å². The molecule has 0 spiro atoms. The Hall–Kier alpha value is -1.37. The van der Waals surface area contributed by atoms with Crippen LogP contribution in [0, 0.1) is 0 Å². The normalized spacial score (nSPS) is 12.0. The molecule has 0 aliphatic rings. The van der Waals surface area contributed by atoms with Crippen LogP contribution in [0.3, 0.4) is 0 Å².